The lowest BCUT2D eigenvalue weighted by Crippen LogP contribution is -1.98. The summed E-state index contributed by atoms with van der Waals surface area (Å²) in [4.78, 5) is 4.72. The zero-order valence-electron chi connectivity index (χ0n) is 20.9. The van der Waals surface area contributed by atoms with Gasteiger partial charge in [0.2, 0.25) is 0 Å². The molecule has 178 valence electrons. The van der Waals surface area contributed by atoms with Crippen LogP contribution >= 0.6 is 0 Å². The van der Waals surface area contributed by atoms with Crippen molar-refractivity contribution in [1.82, 2.24) is 0 Å². The minimum atomic E-state index is 0.358. The molecule has 0 radical (unpaired) electrons. The topological polar surface area (TPSA) is 32.6 Å². The van der Waals surface area contributed by atoms with Crippen LogP contribution in [0.5, 0.6) is 5.75 Å². The first-order valence-electron chi connectivity index (χ1n) is 13.5. The van der Waals surface area contributed by atoms with E-state index < -0.39 is 0 Å². The molecule has 2 nitrogen and oxygen atoms in total. The Bertz CT molecular complexity index is 779. The van der Waals surface area contributed by atoms with Crippen LogP contribution in [-0.4, -0.2) is 17.4 Å². The SMILES string of the molecule is CCCCCCCCCCCCCCCCCCN=C(C)c1ccc2ccccc2c1O. The molecule has 0 fully saturated rings. The molecule has 1 N–H and O–H groups in total. The third kappa shape index (κ3) is 10.2. The fourth-order valence-corrected chi connectivity index (χ4v) is 4.54. The van der Waals surface area contributed by atoms with E-state index >= 15 is 0 Å². The molecule has 0 bridgehead atoms. The Morgan fingerprint density at radius 1 is 0.656 bits per heavy atom. The monoisotopic (exact) mass is 437 g/mol. The van der Waals surface area contributed by atoms with Crippen molar-refractivity contribution >= 4 is 16.5 Å². The number of rotatable bonds is 18. The number of benzene rings is 2. The lowest BCUT2D eigenvalue weighted by atomic mass is 10.0. The van der Waals surface area contributed by atoms with Crippen molar-refractivity contribution in [2.24, 2.45) is 4.99 Å². The highest BCUT2D eigenvalue weighted by molar-refractivity contribution is 6.06. The van der Waals surface area contributed by atoms with Gasteiger partial charge in [-0.1, -0.05) is 134 Å². The van der Waals surface area contributed by atoms with Gasteiger partial charge >= 0.3 is 0 Å². The molecule has 0 heterocycles. The number of fused-ring (bicyclic) bond motifs is 1. The second kappa shape index (κ2) is 16.8. The summed E-state index contributed by atoms with van der Waals surface area (Å²) in [7, 11) is 0. The molecule has 0 aromatic heterocycles. The number of hydrogen-bond donors (Lipinski definition) is 1. The number of unbranched alkanes of at least 4 members (excludes halogenated alkanes) is 15. The Labute approximate surface area is 197 Å². The zero-order chi connectivity index (χ0) is 22.9. The van der Waals surface area contributed by atoms with Crippen molar-refractivity contribution in [3.05, 3.63) is 42.0 Å². The van der Waals surface area contributed by atoms with Crippen LogP contribution in [0.15, 0.2) is 41.4 Å². The van der Waals surface area contributed by atoms with E-state index in [9.17, 15) is 5.11 Å². The highest BCUT2D eigenvalue weighted by atomic mass is 16.3. The Kier molecular flexibility index (Phi) is 13.8. The Hall–Kier alpha value is -1.83. The van der Waals surface area contributed by atoms with Crippen LogP contribution in [0.1, 0.15) is 122 Å². The lowest BCUT2D eigenvalue weighted by Gasteiger charge is -2.08. The number of phenolic OH excluding ortho intramolecular Hbond substituents is 1. The normalized spacial score (nSPS) is 12.0. The molecule has 0 unspecified atom stereocenters. The van der Waals surface area contributed by atoms with E-state index in [4.69, 9.17) is 4.99 Å². The van der Waals surface area contributed by atoms with E-state index in [1.54, 1.807) is 0 Å². The van der Waals surface area contributed by atoms with Crippen LogP contribution in [0.3, 0.4) is 0 Å². The molecule has 0 aliphatic rings. The van der Waals surface area contributed by atoms with Crippen molar-refractivity contribution in [2.45, 2.75) is 117 Å². The third-order valence-electron chi connectivity index (χ3n) is 6.65. The molecular formula is C30H47NO. The number of aromatic hydroxyl groups is 1. The van der Waals surface area contributed by atoms with Gasteiger partial charge in [0.05, 0.1) is 0 Å². The van der Waals surface area contributed by atoms with Crippen molar-refractivity contribution in [1.29, 1.82) is 0 Å². The third-order valence-corrected chi connectivity index (χ3v) is 6.65. The summed E-state index contributed by atoms with van der Waals surface area (Å²) in [6, 6.07) is 12.0. The minimum absolute atomic E-state index is 0.358. The summed E-state index contributed by atoms with van der Waals surface area (Å²) >= 11 is 0. The highest BCUT2D eigenvalue weighted by Gasteiger charge is 2.08. The Morgan fingerprint density at radius 3 is 1.72 bits per heavy atom. The van der Waals surface area contributed by atoms with E-state index in [1.165, 1.54) is 96.3 Å². The Morgan fingerprint density at radius 2 is 1.16 bits per heavy atom. The molecular weight excluding hydrogens is 390 g/mol. The van der Waals surface area contributed by atoms with Crippen molar-refractivity contribution < 1.29 is 5.11 Å². The first-order valence-corrected chi connectivity index (χ1v) is 13.5. The minimum Gasteiger partial charge on any atom is -0.507 e. The summed E-state index contributed by atoms with van der Waals surface area (Å²) in [5, 5.41) is 12.6. The summed E-state index contributed by atoms with van der Waals surface area (Å²) in [5.41, 5.74) is 1.80. The molecule has 0 atom stereocenters. The largest absolute Gasteiger partial charge is 0.507 e. The molecule has 2 rings (SSSR count). The quantitative estimate of drug-likeness (QED) is 0.183. The molecule has 2 aromatic carbocycles. The molecule has 0 spiro atoms. The number of aliphatic imine (C=N–C) groups is 1. The van der Waals surface area contributed by atoms with E-state index in [1.807, 2.05) is 37.3 Å². The highest BCUT2D eigenvalue weighted by Crippen LogP contribution is 2.29. The van der Waals surface area contributed by atoms with Gasteiger partial charge in [-0.05, 0) is 24.8 Å². The average Bonchev–Trinajstić information content (AvgIpc) is 2.81. The van der Waals surface area contributed by atoms with Crippen molar-refractivity contribution in [2.75, 3.05) is 6.54 Å². The van der Waals surface area contributed by atoms with Crippen molar-refractivity contribution in [3.63, 3.8) is 0 Å². The predicted octanol–water partition coefficient (Wildman–Crippen LogP) is 9.62. The van der Waals surface area contributed by atoms with Crippen LogP contribution in [-0.2, 0) is 0 Å². The zero-order valence-corrected chi connectivity index (χ0v) is 20.9. The molecule has 2 heteroatoms. The van der Waals surface area contributed by atoms with E-state index in [2.05, 4.69) is 13.0 Å². The van der Waals surface area contributed by atoms with Crippen molar-refractivity contribution in [3.8, 4) is 5.75 Å². The maximum Gasteiger partial charge on any atom is 0.132 e. The number of nitrogens with zero attached hydrogens (tertiary/aromatic N) is 1. The Balaban J connectivity index is 1.45. The van der Waals surface area contributed by atoms with Crippen LogP contribution in [0.25, 0.3) is 10.8 Å². The number of phenols is 1. The summed E-state index contributed by atoms with van der Waals surface area (Å²) in [5.74, 6) is 0.358. The molecule has 0 amide bonds. The summed E-state index contributed by atoms with van der Waals surface area (Å²) in [6.45, 7) is 5.16. The lowest BCUT2D eigenvalue weighted by molar-refractivity contribution is 0.480. The molecule has 0 saturated carbocycles. The van der Waals surface area contributed by atoms with Gasteiger partial charge < -0.3 is 5.11 Å². The van der Waals surface area contributed by atoms with Crippen LogP contribution in [0.4, 0.5) is 0 Å². The van der Waals surface area contributed by atoms with E-state index in [-0.39, 0.29) is 0 Å². The van der Waals surface area contributed by atoms with E-state index in [0.29, 0.717) is 5.75 Å². The maximum absolute atomic E-state index is 10.6. The predicted molar refractivity (Wildman–Crippen MR) is 142 cm³/mol. The van der Waals surface area contributed by atoms with Gasteiger partial charge in [0.1, 0.15) is 5.75 Å². The van der Waals surface area contributed by atoms with Crippen LogP contribution < -0.4 is 0 Å². The van der Waals surface area contributed by atoms with E-state index in [0.717, 1.165) is 35.0 Å². The first kappa shape index (κ1) is 26.4. The summed E-state index contributed by atoms with van der Waals surface area (Å²) in [6.07, 6.45) is 22.2. The second-order valence-electron chi connectivity index (χ2n) is 9.45. The van der Waals surface area contributed by atoms with Crippen LogP contribution in [0, 0.1) is 0 Å². The molecule has 2 aromatic rings. The fraction of sp³-hybridized carbons (Fsp3) is 0.633. The standard InChI is InChI=1S/C30H47NO/c1-3-4-5-6-7-8-9-10-11-12-13-14-15-16-17-20-25-31-26(2)28-24-23-27-21-18-19-22-29(27)30(28)32/h18-19,21-24,32H,3-17,20,25H2,1-2H3. The van der Waals surface area contributed by atoms with Gasteiger partial charge in [0.25, 0.3) is 0 Å². The maximum atomic E-state index is 10.6. The van der Waals surface area contributed by atoms with Gasteiger partial charge in [-0.3, -0.25) is 4.99 Å². The fourth-order valence-electron chi connectivity index (χ4n) is 4.54. The second-order valence-corrected chi connectivity index (χ2v) is 9.45. The van der Waals surface area contributed by atoms with Crippen LogP contribution in [0.2, 0.25) is 0 Å². The summed E-state index contributed by atoms with van der Waals surface area (Å²) < 4.78 is 0. The molecule has 32 heavy (non-hydrogen) atoms. The molecule has 0 saturated heterocycles. The molecule has 0 aliphatic heterocycles. The van der Waals surface area contributed by atoms with Gasteiger partial charge in [0, 0.05) is 23.2 Å². The van der Waals surface area contributed by atoms with Gasteiger partial charge in [-0.15, -0.1) is 0 Å². The first-order chi connectivity index (χ1) is 15.7. The smallest absolute Gasteiger partial charge is 0.132 e. The molecule has 0 aliphatic carbocycles. The average molecular weight is 438 g/mol. The number of hydrogen-bond acceptors (Lipinski definition) is 2. The van der Waals surface area contributed by atoms with Gasteiger partial charge in [0.15, 0.2) is 0 Å². The van der Waals surface area contributed by atoms with Gasteiger partial charge in [-0.2, -0.15) is 0 Å². The van der Waals surface area contributed by atoms with Gasteiger partial charge in [-0.25, -0.2) is 0 Å².